The van der Waals surface area contributed by atoms with E-state index in [-0.39, 0.29) is 23.6 Å². The molecular weight excluding hydrogens is 460 g/mol. The second-order valence-electron chi connectivity index (χ2n) is 8.94. The van der Waals surface area contributed by atoms with Gasteiger partial charge >= 0.3 is 0 Å². The zero-order chi connectivity index (χ0) is 25.1. The van der Waals surface area contributed by atoms with Crippen LogP contribution < -0.4 is 10.5 Å². The van der Waals surface area contributed by atoms with Crippen molar-refractivity contribution < 1.29 is 18.3 Å². The first-order chi connectivity index (χ1) is 17.4. The Bertz CT molecular complexity index is 1420. The van der Waals surface area contributed by atoms with E-state index in [0.29, 0.717) is 29.4 Å². The van der Waals surface area contributed by atoms with Crippen molar-refractivity contribution in [3.63, 3.8) is 0 Å². The molecule has 0 unspecified atom stereocenters. The molecule has 0 fully saturated rings. The fraction of sp³-hybridized carbons (Fsp3) is 0.172. The van der Waals surface area contributed by atoms with Crippen LogP contribution in [0.3, 0.4) is 0 Å². The monoisotopic (exact) mass is 485 g/mol. The molecule has 5 nitrogen and oxygen atoms in total. The van der Waals surface area contributed by atoms with Crippen LogP contribution in [0.4, 0.5) is 8.78 Å². The minimum absolute atomic E-state index is 0.219. The van der Waals surface area contributed by atoms with Crippen LogP contribution >= 0.6 is 0 Å². The van der Waals surface area contributed by atoms with Gasteiger partial charge in [-0.2, -0.15) is 0 Å². The van der Waals surface area contributed by atoms with Gasteiger partial charge in [0.15, 0.2) is 0 Å². The maximum Gasteiger partial charge on any atom is 0.250 e. The number of hydrogen-bond acceptors (Lipinski definition) is 4. The molecule has 2 heterocycles. The van der Waals surface area contributed by atoms with Crippen molar-refractivity contribution in [2.24, 2.45) is 5.73 Å². The van der Waals surface area contributed by atoms with Gasteiger partial charge in [0, 0.05) is 32.1 Å². The van der Waals surface area contributed by atoms with Gasteiger partial charge in [0.05, 0.1) is 11.3 Å². The second kappa shape index (κ2) is 10.3. The molecule has 2 N–H and O–H groups in total. The molecule has 7 heteroatoms. The minimum atomic E-state index is -0.600. The molecule has 5 rings (SSSR count). The van der Waals surface area contributed by atoms with E-state index >= 15 is 0 Å². The second-order valence-corrected chi connectivity index (χ2v) is 8.94. The van der Waals surface area contributed by atoms with E-state index in [1.807, 2.05) is 24.3 Å². The summed E-state index contributed by atoms with van der Waals surface area (Å²) in [6, 6.07) is 22.0. The summed E-state index contributed by atoms with van der Waals surface area (Å²) in [5.74, 6) is -0.206. The molecule has 1 aromatic heterocycles. The smallest absolute Gasteiger partial charge is 0.250 e. The molecule has 4 aromatic rings. The van der Waals surface area contributed by atoms with Gasteiger partial charge in [-0.05, 0) is 71.1 Å². The van der Waals surface area contributed by atoms with E-state index in [1.54, 1.807) is 36.4 Å². The van der Waals surface area contributed by atoms with Crippen LogP contribution in [0.2, 0.25) is 0 Å². The van der Waals surface area contributed by atoms with Crippen LogP contribution in [-0.2, 0) is 25.9 Å². The Morgan fingerprint density at radius 3 is 2.42 bits per heavy atom. The van der Waals surface area contributed by atoms with Crippen LogP contribution in [0.25, 0.3) is 0 Å². The summed E-state index contributed by atoms with van der Waals surface area (Å²) >= 11 is 0. The van der Waals surface area contributed by atoms with Gasteiger partial charge in [0.1, 0.15) is 17.4 Å². The van der Waals surface area contributed by atoms with E-state index in [1.165, 1.54) is 29.3 Å². The SMILES string of the molecule is NC(=O)c1ccc(Oc2ccc3c(c2)CCN(Cc2cccc(F)c2)C3)nc1Cc1cccc(F)c1. The van der Waals surface area contributed by atoms with Crippen molar-refractivity contribution in [3.8, 4) is 11.6 Å². The van der Waals surface area contributed by atoms with Gasteiger partial charge in [-0.25, -0.2) is 13.8 Å². The molecule has 0 spiro atoms. The van der Waals surface area contributed by atoms with Gasteiger partial charge in [-0.1, -0.05) is 30.3 Å². The van der Waals surface area contributed by atoms with Crippen molar-refractivity contribution in [1.82, 2.24) is 9.88 Å². The molecule has 0 radical (unpaired) electrons. The molecular formula is C29H25F2N3O2. The number of aromatic nitrogens is 1. The normalized spacial score (nSPS) is 13.3. The zero-order valence-corrected chi connectivity index (χ0v) is 19.6. The highest BCUT2D eigenvalue weighted by molar-refractivity contribution is 5.94. The lowest BCUT2D eigenvalue weighted by atomic mass is 9.99. The van der Waals surface area contributed by atoms with Crippen LogP contribution in [0.15, 0.2) is 78.9 Å². The van der Waals surface area contributed by atoms with E-state index in [0.717, 1.165) is 25.1 Å². The molecule has 1 aliphatic heterocycles. The van der Waals surface area contributed by atoms with Crippen LogP contribution in [0, 0.1) is 11.6 Å². The van der Waals surface area contributed by atoms with Gasteiger partial charge in [-0.15, -0.1) is 0 Å². The number of benzene rings is 3. The van der Waals surface area contributed by atoms with Crippen LogP contribution in [-0.4, -0.2) is 22.3 Å². The van der Waals surface area contributed by atoms with E-state index in [9.17, 15) is 13.6 Å². The topological polar surface area (TPSA) is 68.5 Å². The summed E-state index contributed by atoms with van der Waals surface area (Å²) in [4.78, 5) is 18.7. The summed E-state index contributed by atoms with van der Waals surface area (Å²) in [5, 5.41) is 0. The van der Waals surface area contributed by atoms with Crippen molar-refractivity contribution in [3.05, 3.63) is 124 Å². The number of nitrogens with zero attached hydrogens (tertiary/aromatic N) is 2. The number of carbonyl (C=O) groups excluding carboxylic acids is 1. The van der Waals surface area contributed by atoms with Crippen LogP contribution in [0.5, 0.6) is 11.6 Å². The highest BCUT2D eigenvalue weighted by atomic mass is 19.1. The summed E-state index contributed by atoms with van der Waals surface area (Å²) in [6.07, 6.45) is 1.10. The number of amides is 1. The van der Waals surface area contributed by atoms with Gasteiger partial charge in [0.25, 0.3) is 5.91 Å². The predicted octanol–water partition coefficient (Wildman–Crippen LogP) is 5.40. The van der Waals surface area contributed by atoms with E-state index in [4.69, 9.17) is 10.5 Å². The number of hydrogen-bond donors (Lipinski definition) is 1. The summed E-state index contributed by atoms with van der Waals surface area (Å²) in [7, 11) is 0. The van der Waals surface area contributed by atoms with E-state index < -0.39 is 5.91 Å². The summed E-state index contributed by atoms with van der Waals surface area (Å²) in [6.45, 7) is 2.32. The summed E-state index contributed by atoms with van der Waals surface area (Å²) < 4.78 is 33.2. The van der Waals surface area contributed by atoms with Gasteiger partial charge < -0.3 is 10.5 Å². The number of rotatable bonds is 7. The molecule has 36 heavy (non-hydrogen) atoms. The number of fused-ring (bicyclic) bond motifs is 1. The molecule has 0 saturated heterocycles. The highest BCUT2D eigenvalue weighted by Gasteiger charge is 2.18. The Balaban J connectivity index is 1.31. The standard InChI is InChI=1S/C29H25F2N3O2/c30-23-5-1-3-19(13-23)15-27-26(29(32)35)9-10-28(33-27)36-25-8-7-22-18-34(12-11-21(22)16-25)17-20-4-2-6-24(31)14-20/h1-10,13-14,16H,11-12,15,17-18H2,(H2,32,35). The lowest BCUT2D eigenvalue weighted by molar-refractivity contribution is 0.0999. The predicted molar refractivity (Wildman–Crippen MR) is 133 cm³/mol. The Morgan fingerprint density at radius 2 is 1.67 bits per heavy atom. The largest absolute Gasteiger partial charge is 0.439 e. The average Bonchev–Trinajstić information content (AvgIpc) is 2.84. The molecule has 0 bridgehead atoms. The first kappa shape index (κ1) is 23.6. The number of ether oxygens (including phenoxy) is 1. The third kappa shape index (κ3) is 5.58. The maximum absolute atomic E-state index is 13.6. The maximum atomic E-state index is 13.6. The molecule has 0 atom stereocenters. The lowest BCUT2D eigenvalue weighted by Gasteiger charge is -2.29. The molecule has 1 amide bonds. The third-order valence-corrected chi connectivity index (χ3v) is 6.26. The Labute approximate surface area is 208 Å². The summed E-state index contributed by atoms with van der Waals surface area (Å²) in [5.41, 5.74) is 10.3. The third-order valence-electron chi connectivity index (χ3n) is 6.26. The van der Waals surface area contributed by atoms with Crippen molar-refractivity contribution >= 4 is 5.91 Å². The minimum Gasteiger partial charge on any atom is -0.439 e. The Hall–Kier alpha value is -4.10. The number of pyridine rings is 1. The number of halogens is 2. The first-order valence-electron chi connectivity index (χ1n) is 11.7. The molecule has 0 saturated carbocycles. The fourth-order valence-corrected chi connectivity index (χ4v) is 4.54. The number of primary amides is 1. The molecule has 0 aliphatic carbocycles. The number of nitrogens with two attached hydrogens (primary N) is 1. The molecule has 182 valence electrons. The van der Waals surface area contributed by atoms with Crippen LogP contribution in [0.1, 0.15) is 38.3 Å². The highest BCUT2D eigenvalue weighted by Crippen LogP contribution is 2.28. The lowest BCUT2D eigenvalue weighted by Crippen LogP contribution is -2.30. The first-order valence-corrected chi connectivity index (χ1v) is 11.7. The Kier molecular flexibility index (Phi) is 6.73. The zero-order valence-electron chi connectivity index (χ0n) is 19.6. The molecule has 3 aromatic carbocycles. The molecule has 1 aliphatic rings. The quantitative estimate of drug-likeness (QED) is 0.381. The van der Waals surface area contributed by atoms with E-state index in [2.05, 4.69) is 9.88 Å². The average molecular weight is 486 g/mol. The Morgan fingerprint density at radius 1 is 0.917 bits per heavy atom. The van der Waals surface area contributed by atoms with Crippen molar-refractivity contribution in [2.45, 2.75) is 25.9 Å². The van der Waals surface area contributed by atoms with Gasteiger partial charge in [0.2, 0.25) is 5.88 Å². The van der Waals surface area contributed by atoms with Crippen molar-refractivity contribution in [1.29, 1.82) is 0 Å². The van der Waals surface area contributed by atoms with Crippen molar-refractivity contribution in [2.75, 3.05) is 6.54 Å². The van der Waals surface area contributed by atoms with Gasteiger partial charge in [-0.3, -0.25) is 9.69 Å². The number of carbonyl (C=O) groups is 1. The fourth-order valence-electron chi connectivity index (χ4n) is 4.54.